The highest BCUT2D eigenvalue weighted by Crippen LogP contribution is 2.21. The largest absolute Gasteiger partial charge is 0.481 e. The summed E-state index contributed by atoms with van der Waals surface area (Å²) in [4.78, 5) is 50.6. The number of rotatable bonds is 7. The molecule has 8 heteroatoms. The van der Waals surface area contributed by atoms with Crippen molar-refractivity contribution < 1.29 is 14.7 Å². The third kappa shape index (κ3) is 3.68. The maximum absolute atomic E-state index is 12.6. The van der Waals surface area contributed by atoms with Crippen molar-refractivity contribution in [3.05, 3.63) is 44.6 Å². The van der Waals surface area contributed by atoms with Crippen molar-refractivity contribution >= 4 is 22.8 Å². The number of carbonyl (C=O) groups is 2. The lowest BCUT2D eigenvalue weighted by Crippen LogP contribution is -2.49. The van der Waals surface area contributed by atoms with E-state index in [9.17, 15) is 19.2 Å². The molecular formula is C18H23N3O5. The molecule has 1 amide bonds. The molecule has 0 atom stereocenters. The Labute approximate surface area is 149 Å². The van der Waals surface area contributed by atoms with Gasteiger partial charge in [0.25, 0.3) is 11.5 Å². The molecule has 0 saturated carbocycles. The number of benzene rings is 1. The third-order valence-corrected chi connectivity index (χ3v) is 4.78. The summed E-state index contributed by atoms with van der Waals surface area (Å²) in [7, 11) is 0. The number of nitrogens with zero attached hydrogens (tertiary/aromatic N) is 1. The molecule has 2 rings (SSSR count). The number of fused-ring (bicyclic) bond motifs is 1. The van der Waals surface area contributed by atoms with Gasteiger partial charge in [-0.05, 0) is 38.0 Å². The monoisotopic (exact) mass is 361 g/mol. The van der Waals surface area contributed by atoms with Crippen LogP contribution in [0.3, 0.4) is 0 Å². The summed E-state index contributed by atoms with van der Waals surface area (Å²) in [6, 6.07) is 4.42. The number of carbonyl (C=O) groups excluding carboxylic acids is 1. The van der Waals surface area contributed by atoms with Gasteiger partial charge in [0.1, 0.15) is 0 Å². The number of hydrogen-bond donors (Lipinski definition) is 3. The minimum Gasteiger partial charge on any atom is -0.481 e. The summed E-state index contributed by atoms with van der Waals surface area (Å²) in [5.74, 6) is -1.44. The quantitative estimate of drug-likeness (QED) is 0.689. The van der Waals surface area contributed by atoms with Crippen molar-refractivity contribution in [2.45, 2.75) is 52.1 Å². The highest BCUT2D eigenvalue weighted by molar-refractivity contribution is 5.98. The lowest BCUT2D eigenvalue weighted by Gasteiger charge is -2.31. The zero-order valence-electron chi connectivity index (χ0n) is 15.1. The molecule has 0 spiro atoms. The molecule has 140 valence electrons. The van der Waals surface area contributed by atoms with Crippen LogP contribution in [0.15, 0.2) is 27.8 Å². The molecule has 0 aliphatic heterocycles. The fourth-order valence-corrected chi connectivity index (χ4v) is 3.01. The molecule has 0 unspecified atom stereocenters. The third-order valence-electron chi connectivity index (χ3n) is 4.78. The van der Waals surface area contributed by atoms with Gasteiger partial charge in [-0.15, -0.1) is 0 Å². The highest BCUT2D eigenvalue weighted by atomic mass is 16.4. The molecule has 1 heterocycles. The van der Waals surface area contributed by atoms with Crippen LogP contribution in [0.2, 0.25) is 0 Å². The Morgan fingerprint density at radius 1 is 1.19 bits per heavy atom. The van der Waals surface area contributed by atoms with E-state index in [1.807, 2.05) is 13.8 Å². The molecular weight excluding hydrogens is 338 g/mol. The van der Waals surface area contributed by atoms with Crippen LogP contribution < -0.4 is 16.6 Å². The van der Waals surface area contributed by atoms with Gasteiger partial charge in [0.2, 0.25) is 0 Å². The topological polar surface area (TPSA) is 121 Å². The van der Waals surface area contributed by atoms with Crippen LogP contribution in [0.5, 0.6) is 0 Å². The van der Waals surface area contributed by atoms with Crippen LogP contribution in [-0.4, -0.2) is 32.1 Å². The Balaban J connectivity index is 2.44. The number of hydrogen-bond acceptors (Lipinski definition) is 4. The zero-order valence-corrected chi connectivity index (χ0v) is 15.1. The van der Waals surface area contributed by atoms with Gasteiger partial charge in [0.05, 0.1) is 22.9 Å². The first-order chi connectivity index (χ1) is 12.3. The van der Waals surface area contributed by atoms with Crippen molar-refractivity contribution in [3.63, 3.8) is 0 Å². The average molecular weight is 361 g/mol. The van der Waals surface area contributed by atoms with Crippen molar-refractivity contribution in [2.75, 3.05) is 0 Å². The summed E-state index contributed by atoms with van der Waals surface area (Å²) in [6.45, 7) is 5.58. The van der Waals surface area contributed by atoms with E-state index in [4.69, 9.17) is 5.11 Å². The van der Waals surface area contributed by atoms with Gasteiger partial charge in [0, 0.05) is 12.1 Å². The number of amides is 1. The van der Waals surface area contributed by atoms with Crippen LogP contribution in [0.4, 0.5) is 0 Å². The lowest BCUT2D eigenvalue weighted by molar-refractivity contribution is -0.138. The number of H-pyrrole nitrogens is 1. The van der Waals surface area contributed by atoms with Gasteiger partial charge in [-0.2, -0.15) is 0 Å². The molecule has 3 N–H and O–H groups in total. The van der Waals surface area contributed by atoms with Gasteiger partial charge in [-0.3, -0.25) is 19.0 Å². The first-order valence-electron chi connectivity index (χ1n) is 8.58. The van der Waals surface area contributed by atoms with Crippen LogP contribution in [0, 0.1) is 0 Å². The Morgan fingerprint density at radius 3 is 2.38 bits per heavy atom. The molecule has 0 fully saturated rings. The highest BCUT2D eigenvalue weighted by Gasteiger charge is 2.31. The van der Waals surface area contributed by atoms with Crippen LogP contribution in [0.1, 0.15) is 50.4 Å². The van der Waals surface area contributed by atoms with Gasteiger partial charge >= 0.3 is 11.7 Å². The summed E-state index contributed by atoms with van der Waals surface area (Å²) < 4.78 is 1.08. The average Bonchev–Trinajstić information content (AvgIpc) is 2.60. The Kier molecular flexibility index (Phi) is 5.64. The molecule has 2 aromatic rings. The van der Waals surface area contributed by atoms with Gasteiger partial charge < -0.3 is 15.4 Å². The van der Waals surface area contributed by atoms with E-state index in [1.165, 1.54) is 18.2 Å². The fourth-order valence-electron chi connectivity index (χ4n) is 3.01. The smallest absolute Gasteiger partial charge is 0.328 e. The molecule has 1 aromatic heterocycles. The van der Waals surface area contributed by atoms with Crippen LogP contribution in [-0.2, 0) is 11.3 Å². The number of nitrogens with one attached hydrogen (secondary N) is 2. The summed E-state index contributed by atoms with van der Waals surface area (Å²) >= 11 is 0. The molecule has 1 aromatic carbocycles. The zero-order chi connectivity index (χ0) is 19.5. The molecule has 26 heavy (non-hydrogen) atoms. The Bertz CT molecular complexity index is 953. The second kappa shape index (κ2) is 7.55. The maximum Gasteiger partial charge on any atom is 0.328 e. The van der Waals surface area contributed by atoms with Gasteiger partial charge in [-0.1, -0.05) is 13.8 Å². The van der Waals surface area contributed by atoms with E-state index in [0.717, 1.165) is 4.57 Å². The molecule has 0 saturated heterocycles. The summed E-state index contributed by atoms with van der Waals surface area (Å²) in [5, 5.41) is 12.2. The number of aliphatic carboxylic acids is 1. The number of carboxylic acid groups (broad SMARTS) is 1. The number of aromatic amines is 1. The van der Waals surface area contributed by atoms with Gasteiger partial charge in [0.15, 0.2) is 0 Å². The summed E-state index contributed by atoms with van der Waals surface area (Å²) in [6.07, 6.45) is 0.748. The van der Waals surface area contributed by atoms with Crippen molar-refractivity contribution in [2.24, 2.45) is 0 Å². The molecule has 0 aliphatic carbocycles. The Hall–Kier alpha value is -2.90. The van der Waals surface area contributed by atoms with Crippen molar-refractivity contribution in [1.82, 2.24) is 14.9 Å². The van der Waals surface area contributed by atoms with E-state index in [0.29, 0.717) is 18.2 Å². The minimum atomic E-state index is -0.989. The molecule has 8 nitrogen and oxygen atoms in total. The summed E-state index contributed by atoms with van der Waals surface area (Å²) in [5.41, 5.74) is -1.28. The Morgan fingerprint density at radius 2 is 1.85 bits per heavy atom. The first kappa shape index (κ1) is 19.4. The lowest BCUT2D eigenvalue weighted by atomic mass is 9.88. The number of aromatic nitrogens is 2. The van der Waals surface area contributed by atoms with E-state index in [2.05, 4.69) is 10.3 Å². The van der Waals surface area contributed by atoms with Crippen molar-refractivity contribution in [3.8, 4) is 0 Å². The molecule has 0 aliphatic rings. The predicted molar refractivity (Wildman–Crippen MR) is 97.5 cm³/mol. The normalized spacial score (nSPS) is 11.5. The predicted octanol–water partition coefficient (Wildman–Crippen LogP) is 1.47. The maximum atomic E-state index is 12.6. The SMILES string of the molecule is CCn1c(=O)[nH]c2cc(C(=O)NC(CC)(CC)CC(=O)O)ccc2c1=O. The van der Waals surface area contributed by atoms with E-state index in [-0.39, 0.29) is 24.0 Å². The van der Waals surface area contributed by atoms with Gasteiger partial charge in [-0.25, -0.2) is 4.79 Å². The minimum absolute atomic E-state index is 0.183. The van der Waals surface area contributed by atoms with E-state index >= 15 is 0 Å². The first-order valence-corrected chi connectivity index (χ1v) is 8.58. The van der Waals surface area contributed by atoms with Crippen LogP contribution >= 0.6 is 0 Å². The number of carboxylic acids is 1. The van der Waals surface area contributed by atoms with Crippen LogP contribution in [0.25, 0.3) is 10.9 Å². The second-order valence-electron chi connectivity index (χ2n) is 6.25. The van der Waals surface area contributed by atoms with E-state index < -0.39 is 28.7 Å². The van der Waals surface area contributed by atoms with Crippen molar-refractivity contribution in [1.29, 1.82) is 0 Å². The van der Waals surface area contributed by atoms with E-state index in [1.54, 1.807) is 6.92 Å². The molecule has 0 radical (unpaired) electrons. The molecule has 0 bridgehead atoms. The fraction of sp³-hybridized carbons (Fsp3) is 0.444. The standard InChI is InChI=1S/C18H23N3O5/c1-4-18(5-2,10-14(22)23)20-15(24)11-7-8-12-13(9-11)19-17(26)21(6-3)16(12)25/h7-9H,4-6,10H2,1-3H3,(H,19,26)(H,20,24)(H,22,23). The second-order valence-corrected chi connectivity index (χ2v) is 6.25.